The first-order chi connectivity index (χ1) is 8.47. The van der Waals surface area contributed by atoms with Crippen molar-refractivity contribution in [3.63, 3.8) is 0 Å². The largest absolute Gasteiger partial charge is 0.469 e. The molecule has 8 heteroatoms. The van der Waals surface area contributed by atoms with Gasteiger partial charge >= 0.3 is 11.8 Å². The standard InChI is InChI=1S/C10H12N2O6/c1-18-8(14)5-7(13)9(15)6-3-2-4-11-10(6)12(16)17/h2-4,7,9,13,15H,5H2,1H3. The van der Waals surface area contributed by atoms with E-state index in [1.807, 2.05) is 0 Å². The van der Waals surface area contributed by atoms with Crippen LogP contribution in [-0.4, -0.2) is 39.3 Å². The fourth-order valence-corrected chi connectivity index (χ4v) is 1.37. The van der Waals surface area contributed by atoms with E-state index >= 15 is 0 Å². The molecule has 1 rings (SSSR count). The Hall–Kier alpha value is -2.06. The Morgan fingerprint density at radius 3 is 2.83 bits per heavy atom. The highest BCUT2D eigenvalue weighted by atomic mass is 16.6. The lowest BCUT2D eigenvalue weighted by Gasteiger charge is -2.16. The molecule has 2 N–H and O–H groups in total. The van der Waals surface area contributed by atoms with Crippen LogP contribution in [0, 0.1) is 10.1 Å². The Kier molecular flexibility index (Phi) is 4.69. The van der Waals surface area contributed by atoms with Crippen molar-refractivity contribution >= 4 is 11.8 Å². The number of aliphatic hydroxyl groups is 2. The van der Waals surface area contributed by atoms with Crippen molar-refractivity contribution in [1.29, 1.82) is 0 Å². The van der Waals surface area contributed by atoms with E-state index in [4.69, 9.17) is 0 Å². The molecule has 2 atom stereocenters. The van der Waals surface area contributed by atoms with E-state index in [1.54, 1.807) is 0 Å². The molecule has 0 saturated heterocycles. The molecule has 0 aliphatic rings. The highest BCUT2D eigenvalue weighted by Gasteiger charge is 2.28. The van der Waals surface area contributed by atoms with Crippen LogP contribution in [0.15, 0.2) is 18.3 Å². The molecule has 0 bridgehead atoms. The quantitative estimate of drug-likeness (QED) is 0.430. The Morgan fingerprint density at radius 2 is 2.28 bits per heavy atom. The molecule has 0 fully saturated rings. The summed E-state index contributed by atoms with van der Waals surface area (Å²) in [6.45, 7) is 0. The minimum Gasteiger partial charge on any atom is -0.469 e. The molecule has 0 amide bonds. The van der Waals surface area contributed by atoms with Gasteiger partial charge in [-0.1, -0.05) is 0 Å². The van der Waals surface area contributed by atoms with Gasteiger partial charge in [0.05, 0.1) is 25.2 Å². The van der Waals surface area contributed by atoms with E-state index in [0.29, 0.717) is 0 Å². The maximum atomic E-state index is 10.9. The molecule has 8 nitrogen and oxygen atoms in total. The van der Waals surface area contributed by atoms with Crippen LogP contribution in [0.25, 0.3) is 0 Å². The molecule has 0 radical (unpaired) electrons. The zero-order valence-corrected chi connectivity index (χ0v) is 9.52. The molecule has 1 heterocycles. The summed E-state index contributed by atoms with van der Waals surface area (Å²) < 4.78 is 4.33. The summed E-state index contributed by atoms with van der Waals surface area (Å²) in [7, 11) is 1.13. The summed E-state index contributed by atoms with van der Waals surface area (Å²) >= 11 is 0. The second-order valence-electron chi connectivity index (χ2n) is 3.47. The fourth-order valence-electron chi connectivity index (χ4n) is 1.37. The van der Waals surface area contributed by atoms with Gasteiger partial charge in [0, 0.05) is 0 Å². The molecular formula is C10H12N2O6. The SMILES string of the molecule is COC(=O)CC(O)C(O)c1cccnc1[N+](=O)[O-]. The lowest BCUT2D eigenvalue weighted by atomic mass is 10.0. The summed E-state index contributed by atoms with van der Waals surface area (Å²) in [5.41, 5.74) is -0.154. The predicted molar refractivity (Wildman–Crippen MR) is 58.5 cm³/mol. The summed E-state index contributed by atoms with van der Waals surface area (Å²) in [6.07, 6.45) is -2.36. The van der Waals surface area contributed by atoms with E-state index in [2.05, 4.69) is 9.72 Å². The second kappa shape index (κ2) is 6.03. The number of hydrogen-bond acceptors (Lipinski definition) is 7. The van der Waals surface area contributed by atoms with Crippen LogP contribution in [0.1, 0.15) is 18.1 Å². The van der Waals surface area contributed by atoms with Crippen LogP contribution in [0.4, 0.5) is 5.82 Å². The maximum absolute atomic E-state index is 10.9. The van der Waals surface area contributed by atoms with Crippen LogP contribution in [0.5, 0.6) is 0 Å². The van der Waals surface area contributed by atoms with Crippen LogP contribution < -0.4 is 0 Å². The minimum absolute atomic E-state index is 0.154. The monoisotopic (exact) mass is 256 g/mol. The number of carbonyl (C=O) groups is 1. The van der Waals surface area contributed by atoms with Crippen LogP contribution in [0.2, 0.25) is 0 Å². The number of aromatic nitrogens is 1. The highest BCUT2D eigenvalue weighted by Crippen LogP contribution is 2.26. The average Bonchev–Trinajstić information content (AvgIpc) is 2.37. The molecule has 2 unspecified atom stereocenters. The minimum atomic E-state index is -1.58. The molecule has 0 aliphatic carbocycles. The number of carbonyl (C=O) groups excluding carboxylic acids is 1. The van der Waals surface area contributed by atoms with Gasteiger partial charge in [-0.05, 0) is 22.0 Å². The van der Waals surface area contributed by atoms with Crippen molar-refractivity contribution in [3.8, 4) is 0 Å². The van der Waals surface area contributed by atoms with Gasteiger partial charge in [-0.3, -0.25) is 4.79 Å². The van der Waals surface area contributed by atoms with Crippen LogP contribution in [0.3, 0.4) is 0 Å². The zero-order valence-electron chi connectivity index (χ0n) is 9.52. The van der Waals surface area contributed by atoms with Gasteiger partial charge in [0.15, 0.2) is 0 Å². The topological polar surface area (TPSA) is 123 Å². The summed E-state index contributed by atoms with van der Waals surface area (Å²) in [5, 5.41) is 30.0. The van der Waals surface area contributed by atoms with Crippen LogP contribution >= 0.6 is 0 Å². The van der Waals surface area contributed by atoms with E-state index in [0.717, 1.165) is 7.11 Å². The van der Waals surface area contributed by atoms with Gasteiger partial charge in [0.1, 0.15) is 12.3 Å². The number of ether oxygens (including phenoxy) is 1. The Bertz CT molecular complexity index is 450. The number of nitro groups is 1. The smallest absolute Gasteiger partial charge is 0.369 e. The van der Waals surface area contributed by atoms with Crippen molar-refractivity contribution in [3.05, 3.63) is 34.0 Å². The molecular weight excluding hydrogens is 244 g/mol. The molecule has 0 spiro atoms. The van der Waals surface area contributed by atoms with Gasteiger partial charge in [0.2, 0.25) is 0 Å². The molecule has 0 aromatic carbocycles. The second-order valence-corrected chi connectivity index (χ2v) is 3.47. The summed E-state index contributed by atoms with van der Waals surface area (Å²) in [5.74, 6) is -1.29. The number of aliphatic hydroxyl groups excluding tert-OH is 2. The van der Waals surface area contributed by atoms with E-state index in [-0.39, 0.29) is 5.56 Å². The van der Waals surface area contributed by atoms with E-state index in [9.17, 15) is 25.1 Å². The molecule has 1 aromatic rings. The lowest BCUT2D eigenvalue weighted by Crippen LogP contribution is -2.23. The van der Waals surface area contributed by atoms with E-state index < -0.39 is 35.3 Å². The Labute approximate surface area is 102 Å². The number of pyridine rings is 1. The molecule has 0 aliphatic heterocycles. The van der Waals surface area contributed by atoms with Gasteiger partial charge in [-0.25, -0.2) is 0 Å². The van der Waals surface area contributed by atoms with Crippen molar-refractivity contribution < 1.29 is 24.7 Å². The molecule has 0 saturated carbocycles. The Morgan fingerprint density at radius 1 is 1.61 bits per heavy atom. The number of rotatable bonds is 5. The average molecular weight is 256 g/mol. The first-order valence-corrected chi connectivity index (χ1v) is 4.99. The predicted octanol–water partition coefficient (Wildman–Crippen LogP) is -0.0528. The molecule has 18 heavy (non-hydrogen) atoms. The van der Waals surface area contributed by atoms with Crippen LogP contribution in [-0.2, 0) is 9.53 Å². The first-order valence-electron chi connectivity index (χ1n) is 4.99. The fraction of sp³-hybridized carbons (Fsp3) is 0.400. The summed E-state index contributed by atoms with van der Waals surface area (Å²) in [6, 6.07) is 2.65. The third kappa shape index (κ3) is 3.22. The number of esters is 1. The van der Waals surface area contributed by atoms with Crippen molar-refractivity contribution in [2.75, 3.05) is 7.11 Å². The molecule has 98 valence electrons. The Balaban J connectivity index is 2.92. The van der Waals surface area contributed by atoms with Gasteiger partial charge in [0.25, 0.3) is 0 Å². The number of nitrogens with zero attached hydrogens (tertiary/aromatic N) is 2. The third-order valence-corrected chi connectivity index (χ3v) is 2.28. The molecule has 1 aromatic heterocycles. The van der Waals surface area contributed by atoms with Crippen molar-refractivity contribution in [2.24, 2.45) is 0 Å². The number of hydrogen-bond donors (Lipinski definition) is 2. The zero-order chi connectivity index (χ0) is 13.7. The lowest BCUT2D eigenvalue weighted by molar-refractivity contribution is -0.391. The summed E-state index contributed by atoms with van der Waals surface area (Å²) in [4.78, 5) is 24.3. The van der Waals surface area contributed by atoms with Gasteiger partial charge in [-0.2, -0.15) is 0 Å². The third-order valence-electron chi connectivity index (χ3n) is 2.28. The highest BCUT2D eigenvalue weighted by molar-refractivity contribution is 5.69. The number of methoxy groups -OCH3 is 1. The van der Waals surface area contributed by atoms with Crippen molar-refractivity contribution in [2.45, 2.75) is 18.6 Å². The normalized spacial score (nSPS) is 13.7. The van der Waals surface area contributed by atoms with Gasteiger partial charge < -0.3 is 25.1 Å². The van der Waals surface area contributed by atoms with Crippen molar-refractivity contribution in [1.82, 2.24) is 4.98 Å². The first kappa shape index (κ1) is 14.0. The van der Waals surface area contributed by atoms with Gasteiger partial charge in [-0.15, -0.1) is 0 Å². The maximum Gasteiger partial charge on any atom is 0.369 e. The van der Waals surface area contributed by atoms with E-state index in [1.165, 1.54) is 18.3 Å².